The third-order valence-electron chi connectivity index (χ3n) is 4.18. The van der Waals surface area contributed by atoms with Crippen molar-refractivity contribution in [2.24, 2.45) is 4.99 Å². The maximum Gasteiger partial charge on any atom is 0.425 e. The number of carbonyl (C=O) groups is 1. The van der Waals surface area contributed by atoms with E-state index in [1.807, 2.05) is 0 Å². The van der Waals surface area contributed by atoms with Gasteiger partial charge in [0.1, 0.15) is 0 Å². The zero-order chi connectivity index (χ0) is 21.5. The van der Waals surface area contributed by atoms with E-state index in [9.17, 15) is 23.1 Å². The van der Waals surface area contributed by atoms with Crippen LogP contribution in [0.1, 0.15) is 39.7 Å². The third kappa shape index (κ3) is 4.50. The Labute approximate surface area is 168 Å². The Hall–Kier alpha value is -2.04. The molecule has 1 amide bonds. The molecular formula is C17H21BrF3N3O4. The molecule has 2 rings (SSSR count). The van der Waals surface area contributed by atoms with Gasteiger partial charge >= 0.3 is 12.3 Å². The highest BCUT2D eigenvalue weighted by molar-refractivity contribution is 9.10. The summed E-state index contributed by atoms with van der Waals surface area (Å²) in [5.74, 6) is 0.0919. The standard InChI is InChI=1S/C17H21BrF3N3O4/c1-15(2,3)24(14(25)26)13-23-16(4,7-11(28-13)17(19,20)21)10-6-9(18)8-22-12(10)27-5/h6,8,11H,7H2,1-5H3,(H,25,26)/t11-,16-/m0/s1. The van der Waals surface area contributed by atoms with Crippen LogP contribution in [0.2, 0.25) is 0 Å². The van der Waals surface area contributed by atoms with Crippen LogP contribution in [0.4, 0.5) is 18.0 Å². The van der Waals surface area contributed by atoms with Gasteiger partial charge in [-0.25, -0.2) is 19.7 Å². The van der Waals surface area contributed by atoms with Gasteiger partial charge in [-0.1, -0.05) is 0 Å². The molecule has 11 heteroatoms. The first-order valence-electron chi connectivity index (χ1n) is 8.25. The molecule has 156 valence electrons. The number of methoxy groups -OCH3 is 1. The molecule has 0 radical (unpaired) electrons. The second-order valence-electron chi connectivity index (χ2n) is 7.52. The van der Waals surface area contributed by atoms with E-state index in [4.69, 9.17) is 9.47 Å². The molecule has 0 aromatic carbocycles. The van der Waals surface area contributed by atoms with Crippen molar-refractivity contribution >= 4 is 28.0 Å². The first-order chi connectivity index (χ1) is 12.7. The van der Waals surface area contributed by atoms with Crippen LogP contribution in [0.5, 0.6) is 5.88 Å². The Morgan fingerprint density at radius 1 is 1.43 bits per heavy atom. The number of amides is 1. The summed E-state index contributed by atoms with van der Waals surface area (Å²) in [5.41, 5.74) is -2.30. The van der Waals surface area contributed by atoms with Crippen molar-refractivity contribution in [3.05, 3.63) is 22.3 Å². The average molecular weight is 468 g/mol. The summed E-state index contributed by atoms with van der Waals surface area (Å²) in [6, 6.07) is 0.923. The van der Waals surface area contributed by atoms with Gasteiger partial charge in [-0.2, -0.15) is 13.2 Å². The van der Waals surface area contributed by atoms with Gasteiger partial charge in [-0.15, -0.1) is 0 Å². The number of carboxylic acid groups (broad SMARTS) is 1. The molecule has 1 aromatic rings. The molecule has 1 aromatic heterocycles. The molecule has 2 atom stereocenters. The number of amidine groups is 1. The van der Waals surface area contributed by atoms with E-state index >= 15 is 0 Å². The Morgan fingerprint density at radius 3 is 2.50 bits per heavy atom. The van der Waals surface area contributed by atoms with Gasteiger partial charge in [0.15, 0.2) is 6.10 Å². The highest BCUT2D eigenvalue weighted by Gasteiger charge is 2.52. The molecule has 28 heavy (non-hydrogen) atoms. The summed E-state index contributed by atoms with van der Waals surface area (Å²) in [6.07, 6.45) is -7.58. The van der Waals surface area contributed by atoms with Crippen LogP contribution in [0.25, 0.3) is 0 Å². The van der Waals surface area contributed by atoms with E-state index in [0.29, 0.717) is 9.37 Å². The molecule has 1 aliphatic rings. The Kier molecular flexibility index (Phi) is 5.89. The number of hydrogen-bond acceptors (Lipinski definition) is 5. The molecule has 0 saturated heterocycles. The summed E-state index contributed by atoms with van der Waals surface area (Å²) in [4.78, 5) is 20.8. The van der Waals surface area contributed by atoms with Crippen LogP contribution in [0, 0.1) is 0 Å². The fourth-order valence-electron chi connectivity index (χ4n) is 2.90. The lowest BCUT2D eigenvalue weighted by atomic mass is 9.86. The molecule has 7 nitrogen and oxygen atoms in total. The molecule has 1 aliphatic heterocycles. The predicted molar refractivity (Wildman–Crippen MR) is 98.4 cm³/mol. The van der Waals surface area contributed by atoms with Crippen molar-refractivity contribution < 1.29 is 32.5 Å². The fourth-order valence-corrected chi connectivity index (χ4v) is 3.23. The van der Waals surface area contributed by atoms with Gasteiger partial charge < -0.3 is 14.6 Å². The molecule has 0 fully saturated rings. The van der Waals surface area contributed by atoms with Gasteiger partial charge in [0, 0.05) is 28.2 Å². The zero-order valence-corrected chi connectivity index (χ0v) is 17.6. The number of alkyl halides is 3. The highest BCUT2D eigenvalue weighted by Crippen LogP contribution is 2.44. The Morgan fingerprint density at radius 2 is 2.04 bits per heavy atom. The normalized spacial score (nSPS) is 22.9. The van der Waals surface area contributed by atoms with Crippen molar-refractivity contribution in [2.45, 2.75) is 57.5 Å². The second kappa shape index (κ2) is 7.41. The molecular weight excluding hydrogens is 447 g/mol. The second-order valence-corrected chi connectivity index (χ2v) is 8.44. The first-order valence-corrected chi connectivity index (χ1v) is 9.05. The molecule has 1 N–H and O–H groups in total. The van der Waals surface area contributed by atoms with E-state index in [1.54, 1.807) is 6.07 Å². The minimum atomic E-state index is -4.73. The number of nitrogens with zero attached hydrogens (tertiary/aromatic N) is 3. The maximum atomic E-state index is 13.6. The number of pyridine rings is 1. The monoisotopic (exact) mass is 467 g/mol. The quantitative estimate of drug-likeness (QED) is 0.689. The lowest BCUT2D eigenvalue weighted by Crippen LogP contribution is -2.55. The molecule has 2 heterocycles. The topological polar surface area (TPSA) is 84.2 Å². The fraction of sp³-hybridized carbons (Fsp3) is 0.588. The van der Waals surface area contributed by atoms with Crippen LogP contribution in [-0.2, 0) is 10.3 Å². The van der Waals surface area contributed by atoms with Gasteiger partial charge in [0.05, 0.1) is 12.6 Å². The van der Waals surface area contributed by atoms with Crippen molar-refractivity contribution in [1.82, 2.24) is 9.88 Å². The van der Waals surface area contributed by atoms with Crippen LogP contribution < -0.4 is 4.74 Å². The van der Waals surface area contributed by atoms with Crippen LogP contribution in [-0.4, -0.2) is 52.0 Å². The van der Waals surface area contributed by atoms with Crippen LogP contribution in [0.15, 0.2) is 21.7 Å². The number of aromatic nitrogens is 1. The van der Waals surface area contributed by atoms with Gasteiger partial charge in [0.2, 0.25) is 5.88 Å². The average Bonchev–Trinajstić information content (AvgIpc) is 2.51. The van der Waals surface area contributed by atoms with E-state index < -0.39 is 41.9 Å². The summed E-state index contributed by atoms with van der Waals surface area (Å²) in [7, 11) is 1.34. The summed E-state index contributed by atoms with van der Waals surface area (Å²) in [6.45, 7) is 6.05. The molecule has 0 bridgehead atoms. The number of halogens is 4. The van der Waals surface area contributed by atoms with Gasteiger partial charge in [-0.05, 0) is 49.7 Å². The lowest BCUT2D eigenvalue weighted by molar-refractivity contribution is -0.210. The molecule has 0 spiro atoms. The highest BCUT2D eigenvalue weighted by atomic mass is 79.9. The smallest absolute Gasteiger partial charge is 0.425 e. The van der Waals surface area contributed by atoms with Crippen LogP contribution >= 0.6 is 15.9 Å². The van der Waals surface area contributed by atoms with E-state index in [0.717, 1.165) is 0 Å². The maximum absolute atomic E-state index is 13.6. The van der Waals surface area contributed by atoms with E-state index in [-0.39, 0.29) is 11.4 Å². The lowest BCUT2D eigenvalue weighted by Gasteiger charge is -2.41. The third-order valence-corrected chi connectivity index (χ3v) is 4.62. The summed E-state index contributed by atoms with van der Waals surface area (Å²) < 4.78 is 51.5. The van der Waals surface area contributed by atoms with Gasteiger partial charge in [-0.3, -0.25) is 0 Å². The minimum absolute atomic E-state index is 0.0919. The van der Waals surface area contributed by atoms with Crippen molar-refractivity contribution in [2.75, 3.05) is 7.11 Å². The summed E-state index contributed by atoms with van der Waals surface area (Å²) in [5, 5.41) is 9.58. The SMILES string of the molecule is COc1ncc(Br)cc1[C@]1(C)C[C@@H](C(F)(F)F)OC(N(C(=O)O)C(C)(C)C)=N1. The van der Waals surface area contributed by atoms with E-state index in [1.165, 1.54) is 41.0 Å². The largest absolute Gasteiger partial charge is 0.481 e. The predicted octanol–water partition coefficient (Wildman–Crippen LogP) is 4.55. The van der Waals surface area contributed by atoms with E-state index in [2.05, 4.69) is 25.9 Å². The molecule has 0 unspecified atom stereocenters. The Balaban J connectivity index is 2.71. The number of rotatable bonds is 2. The number of aliphatic imine (C=N–C) groups is 1. The van der Waals surface area contributed by atoms with Gasteiger partial charge in [0.25, 0.3) is 6.02 Å². The van der Waals surface area contributed by atoms with Crippen molar-refractivity contribution in [1.29, 1.82) is 0 Å². The van der Waals surface area contributed by atoms with Crippen LogP contribution in [0.3, 0.4) is 0 Å². The minimum Gasteiger partial charge on any atom is -0.481 e. The number of ether oxygens (including phenoxy) is 2. The number of hydrogen-bond donors (Lipinski definition) is 1. The zero-order valence-electron chi connectivity index (χ0n) is 16.0. The van der Waals surface area contributed by atoms with Crippen molar-refractivity contribution in [3.63, 3.8) is 0 Å². The van der Waals surface area contributed by atoms with Crippen molar-refractivity contribution in [3.8, 4) is 5.88 Å². The first kappa shape index (κ1) is 22.3. The summed E-state index contributed by atoms with van der Waals surface area (Å²) >= 11 is 3.25. The Bertz CT molecular complexity index is 795. The molecule has 0 aliphatic carbocycles. The molecule has 0 saturated carbocycles.